The average molecular weight is 288 g/mol. The molecular formula is C10H14BrN3O2. The quantitative estimate of drug-likeness (QED) is 0.840. The summed E-state index contributed by atoms with van der Waals surface area (Å²) in [6.45, 7) is 2.03. The first-order valence-electron chi connectivity index (χ1n) is 5.10. The van der Waals surface area contributed by atoms with E-state index < -0.39 is 12.0 Å². The predicted molar refractivity (Wildman–Crippen MR) is 64.3 cm³/mol. The number of hydrogen-bond acceptors (Lipinski definition) is 4. The van der Waals surface area contributed by atoms with Crippen molar-refractivity contribution in [1.29, 1.82) is 0 Å². The summed E-state index contributed by atoms with van der Waals surface area (Å²) in [7, 11) is 0. The maximum atomic E-state index is 11.0. The highest BCUT2D eigenvalue weighted by atomic mass is 79.9. The molecule has 5 nitrogen and oxygen atoms in total. The molecule has 0 spiro atoms. The summed E-state index contributed by atoms with van der Waals surface area (Å²) in [5, 5.41) is 11.9. The van der Waals surface area contributed by atoms with Crippen molar-refractivity contribution < 1.29 is 9.90 Å². The van der Waals surface area contributed by atoms with Crippen molar-refractivity contribution in [3.05, 3.63) is 17.0 Å². The highest BCUT2D eigenvalue weighted by molar-refractivity contribution is 9.10. The number of aliphatic carboxylic acids is 1. The topological polar surface area (TPSA) is 75.1 Å². The van der Waals surface area contributed by atoms with Gasteiger partial charge in [0.2, 0.25) is 0 Å². The number of carbonyl (C=O) groups is 1. The first-order chi connectivity index (χ1) is 7.65. The van der Waals surface area contributed by atoms with Gasteiger partial charge in [-0.15, -0.1) is 0 Å². The second-order valence-electron chi connectivity index (χ2n) is 3.40. The summed E-state index contributed by atoms with van der Waals surface area (Å²) in [5.74, 6) is -0.350. The summed E-state index contributed by atoms with van der Waals surface area (Å²) in [6, 6.07) is -0.605. The van der Waals surface area contributed by atoms with E-state index in [4.69, 9.17) is 5.11 Å². The third kappa shape index (κ3) is 3.77. The maximum absolute atomic E-state index is 11.0. The number of carboxylic acid groups (broad SMARTS) is 1. The van der Waals surface area contributed by atoms with Gasteiger partial charge in [-0.25, -0.2) is 14.8 Å². The van der Waals surface area contributed by atoms with Gasteiger partial charge in [0.1, 0.15) is 18.2 Å². The zero-order valence-electron chi connectivity index (χ0n) is 8.98. The number of unbranched alkanes of at least 4 members (excludes halogenated alkanes) is 1. The van der Waals surface area contributed by atoms with Crippen molar-refractivity contribution in [3.63, 3.8) is 0 Å². The Labute approximate surface area is 102 Å². The third-order valence-corrected chi connectivity index (χ3v) is 2.70. The fourth-order valence-corrected chi connectivity index (χ4v) is 1.58. The Balaban J connectivity index is 2.68. The number of halogens is 1. The Morgan fingerprint density at radius 1 is 1.69 bits per heavy atom. The van der Waals surface area contributed by atoms with E-state index in [1.807, 2.05) is 6.92 Å². The van der Waals surface area contributed by atoms with Gasteiger partial charge in [-0.1, -0.05) is 19.8 Å². The Morgan fingerprint density at radius 3 is 3.00 bits per heavy atom. The molecule has 0 unspecified atom stereocenters. The van der Waals surface area contributed by atoms with Crippen LogP contribution >= 0.6 is 15.9 Å². The lowest BCUT2D eigenvalue weighted by Gasteiger charge is -2.15. The molecule has 0 aliphatic heterocycles. The molecule has 0 bridgehead atoms. The SMILES string of the molecule is CCCC[C@H](Nc1ncncc1Br)C(=O)O. The smallest absolute Gasteiger partial charge is 0.326 e. The molecule has 0 aliphatic carbocycles. The van der Waals surface area contributed by atoms with Gasteiger partial charge in [0.05, 0.1) is 4.47 Å². The van der Waals surface area contributed by atoms with Crippen LogP contribution in [0.1, 0.15) is 26.2 Å². The van der Waals surface area contributed by atoms with Gasteiger partial charge in [-0.2, -0.15) is 0 Å². The van der Waals surface area contributed by atoms with Gasteiger partial charge in [0, 0.05) is 6.20 Å². The van der Waals surface area contributed by atoms with Gasteiger partial charge in [0.15, 0.2) is 0 Å². The van der Waals surface area contributed by atoms with Crippen LogP contribution in [0.25, 0.3) is 0 Å². The molecule has 0 aromatic carbocycles. The van der Waals surface area contributed by atoms with Crippen LogP contribution < -0.4 is 5.32 Å². The number of rotatable bonds is 6. The van der Waals surface area contributed by atoms with Crippen LogP contribution in [0.4, 0.5) is 5.82 Å². The Morgan fingerprint density at radius 2 is 2.44 bits per heavy atom. The van der Waals surface area contributed by atoms with Crippen molar-refractivity contribution in [2.24, 2.45) is 0 Å². The zero-order chi connectivity index (χ0) is 12.0. The van der Waals surface area contributed by atoms with Gasteiger partial charge >= 0.3 is 5.97 Å². The molecule has 0 saturated heterocycles. The number of hydrogen-bond donors (Lipinski definition) is 2. The lowest BCUT2D eigenvalue weighted by atomic mass is 10.1. The highest BCUT2D eigenvalue weighted by Crippen LogP contribution is 2.19. The predicted octanol–water partition coefficient (Wildman–Crippen LogP) is 2.29. The Bertz CT molecular complexity index is 360. The molecular weight excluding hydrogens is 274 g/mol. The van der Waals surface area contributed by atoms with E-state index in [1.54, 1.807) is 6.20 Å². The number of nitrogens with zero attached hydrogens (tertiary/aromatic N) is 2. The molecule has 6 heteroatoms. The van der Waals surface area contributed by atoms with Crippen LogP contribution in [-0.2, 0) is 4.79 Å². The fraction of sp³-hybridized carbons (Fsp3) is 0.500. The van der Waals surface area contributed by atoms with E-state index in [0.29, 0.717) is 16.7 Å². The van der Waals surface area contributed by atoms with Gasteiger partial charge < -0.3 is 10.4 Å². The summed E-state index contributed by atoms with van der Waals surface area (Å²) >= 11 is 3.26. The van der Waals surface area contributed by atoms with Crippen LogP contribution in [0.5, 0.6) is 0 Å². The van der Waals surface area contributed by atoms with Gasteiger partial charge in [-0.3, -0.25) is 0 Å². The number of anilines is 1. The molecule has 1 heterocycles. The van der Waals surface area contributed by atoms with E-state index >= 15 is 0 Å². The van der Waals surface area contributed by atoms with Gasteiger partial charge in [0.25, 0.3) is 0 Å². The summed E-state index contributed by atoms with van der Waals surface area (Å²) in [4.78, 5) is 18.8. The van der Waals surface area contributed by atoms with Crippen LogP contribution in [0.3, 0.4) is 0 Å². The minimum absolute atomic E-state index is 0.513. The third-order valence-electron chi connectivity index (χ3n) is 2.12. The Hall–Kier alpha value is -1.17. The molecule has 1 atom stereocenters. The fourth-order valence-electron chi connectivity index (χ4n) is 1.25. The van der Waals surface area contributed by atoms with E-state index in [1.165, 1.54) is 6.33 Å². The molecule has 2 N–H and O–H groups in total. The van der Waals surface area contributed by atoms with Gasteiger partial charge in [-0.05, 0) is 22.4 Å². The van der Waals surface area contributed by atoms with E-state index in [9.17, 15) is 4.79 Å². The zero-order valence-corrected chi connectivity index (χ0v) is 10.6. The lowest BCUT2D eigenvalue weighted by molar-refractivity contribution is -0.138. The molecule has 0 fully saturated rings. The van der Waals surface area contributed by atoms with Crippen molar-refractivity contribution in [1.82, 2.24) is 9.97 Å². The molecule has 1 aromatic rings. The molecule has 0 aliphatic rings. The largest absolute Gasteiger partial charge is 0.480 e. The molecule has 0 radical (unpaired) electrons. The first-order valence-corrected chi connectivity index (χ1v) is 5.89. The van der Waals surface area contributed by atoms with Crippen molar-refractivity contribution in [2.45, 2.75) is 32.2 Å². The second-order valence-corrected chi connectivity index (χ2v) is 4.25. The van der Waals surface area contributed by atoms with Crippen LogP contribution in [0.15, 0.2) is 17.0 Å². The maximum Gasteiger partial charge on any atom is 0.326 e. The van der Waals surface area contributed by atoms with Crippen LogP contribution in [0.2, 0.25) is 0 Å². The molecule has 1 rings (SSSR count). The van der Waals surface area contributed by atoms with E-state index in [-0.39, 0.29) is 0 Å². The molecule has 88 valence electrons. The van der Waals surface area contributed by atoms with E-state index in [0.717, 1.165) is 12.8 Å². The molecule has 0 amide bonds. The van der Waals surface area contributed by atoms with Crippen molar-refractivity contribution in [2.75, 3.05) is 5.32 Å². The van der Waals surface area contributed by atoms with Crippen LogP contribution in [-0.4, -0.2) is 27.1 Å². The highest BCUT2D eigenvalue weighted by Gasteiger charge is 2.17. The average Bonchev–Trinajstić information content (AvgIpc) is 2.26. The molecule has 0 saturated carbocycles. The summed E-state index contributed by atoms with van der Waals surface area (Å²) < 4.78 is 0.665. The van der Waals surface area contributed by atoms with Crippen molar-refractivity contribution in [3.8, 4) is 0 Å². The normalized spacial score (nSPS) is 12.1. The first kappa shape index (κ1) is 12.9. The Kier molecular flexibility index (Phi) is 5.18. The number of aromatic nitrogens is 2. The standard InChI is InChI=1S/C10H14BrN3O2/c1-2-3-4-8(10(15)16)14-9-7(11)5-12-6-13-9/h5-6,8H,2-4H2,1H3,(H,15,16)(H,12,13,14)/t8-/m0/s1. The summed E-state index contributed by atoms with van der Waals surface area (Å²) in [6.07, 6.45) is 5.38. The number of carboxylic acids is 1. The van der Waals surface area contributed by atoms with E-state index in [2.05, 4.69) is 31.2 Å². The summed E-state index contributed by atoms with van der Waals surface area (Å²) in [5.41, 5.74) is 0. The minimum Gasteiger partial charge on any atom is -0.480 e. The van der Waals surface area contributed by atoms with Crippen molar-refractivity contribution >= 4 is 27.7 Å². The minimum atomic E-state index is -0.862. The lowest BCUT2D eigenvalue weighted by Crippen LogP contribution is -2.29. The van der Waals surface area contributed by atoms with Crippen LogP contribution in [0, 0.1) is 0 Å². The molecule has 16 heavy (non-hydrogen) atoms. The number of nitrogens with one attached hydrogen (secondary N) is 1. The monoisotopic (exact) mass is 287 g/mol. The molecule has 1 aromatic heterocycles. The second kappa shape index (κ2) is 6.42.